The molecule has 0 N–H and O–H groups in total. The Morgan fingerprint density at radius 1 is 1.39 bits per heavy atom. The van der Waals surface area contributed by atoms with Crippen molar-refractivity contribution >= 4 is 11.6 Å². The van der Waals surface area contributed by atoms with E-state index in [0.717, 1.165) is 31.2 Å². The minimum atomic E-state index is 0.126. The topological polar surface area (TPSA) is 15.7 Å². The molecule has 4 heteroatoms. The van der Waals surface area contributed by atoms with Gasteiger partial charge in [0.15, 0.2) is 0 Å². The normalized spacial score (nSPS) is 36.1. The molecule has 0 aromatic heterocycles. The van der Waals surface area contributed by atoms with Gasteiger partial charge in [0.25, 0.3) is 0 Å². The number of likely N-dealkylation sites (tertiary alicyclic amines) is 1. The van der Waals surface area contributed by atoms with E-state index in [1.54, 1.807) is 0 Å². The van der Waals surface area contributed by atoms with Gasteiger partial charge in [-0.2, -0.15) is 0 Å². The summed E-state index contributed by atoms with van der Waals surface area (Å²) in [5, 5.41) is 0.898. The third-order valence-electron chi connectivity index (χ3n) is 6.17. The van der Waals surface area contributed by atoms with Crippen molar-refractivity contribution in [1.82, 2.24) is 9.80 Å². The SMILES string of the molecule is Cc1cccc(Cl)c1CN1C[C@@H]2[C@H](CN(C)C)[C@H]3CC[C@]2(C1)O3. The van der Waals surface area contributed by atoms with E-state index < -0.39 is 0 Å². The molecule has 3 fully saturated rings. The van der Waals surface area contributed by atoms with Crippen molar-refractivity contribution in [3.8, 4) is 0 Å². The smallest absolute Gasteiger partial charge is 0.0858 e. The van der Waals surface area contributed by atoms with Crippen molar-refractivity contribution in [2.24, 2.45) is 11.8 Å². The molecule has 0 radical (unpaired) electrons. The number of rotatable bonds is 4. The molecule has 1 aromatic rings. The Balaban J connectivity index is 1.52. The Kier molecular flexibility index (Phi) is 3.96. The summed E-state index contributed by atoms with van der Waals surface area (Å²) in [4.78, 5) is 4.90. The van der Waals surface area contributed by atoms with Gasteiger partial charge in [-0.15, -0.1) is 0 Å². The lowest BCUT2D eigenvalue weighted by molar-refractivity contribution is 0.00144. The molecule has 0 saturated carbocycles. The lowest BCUT2D eigenvalue weighted by Gasteiger charge is -2.31. The fourth-order valence-corrected chi connectivity index (χ4v) is 5.44. The van der Waals surface area contributed by atoms with Gasteiger partial charge in [0.2, 0.25) is 0 Å². The maximum Gasteiger partial charge on any atom is 0.0858 e. The zero-order valence-corrected chi connectivity index (χ0v) is 15.1. The van der Waals surface area contributed by atoms with Crippen molar-refractivity contribution in [2.75, 3.05) is 33.7 Å². The molecule has 1 spiro atoms. The summed E-state index contributed by atoms with van der Waals surface area (Å²) < 4.78 is 6.52. The predicted octanol–water partition coefficient (Wildman–Crippen LogP) is 3.19. The molecule has 3 heterocycles. The summed E-state index contributed by atoms with van der Waals surface area (Å²) >= 11 is 6.44. The lowest BCUT2D eigenvalue weighted by atomic mass is 9.73. The molecule has 4 atom stereocenters. The number of ether oxygens (including phenoxy) is 1. The maximum absolute atomic E-state index is 6.52. The molecular formula is C19H27ClN2O. The zero-order valence-electron chi connectivity index (χ0n) is 14.4. The second-order valence-electron chi connectivity index (χ2n) is 8.00. The van der Waals surface area contributed by atoms with Crippen LogP contribution in [0.1, 0.15) is 24.0 Å². The standard InChI is InChI=1S/C19H27ClN2O/c1-13-5-4-6-17(20)14(13)10-22-11-16-15(9-21(2)3)18-7-8-19(16,12-22)23-18/h4-6,15-16,18H,7-12H2,1-3H3/t15-,16+,18+,19+/m0/s1. The molecule has 3 saturated heterocycles. The Morgan fingerprint density at radius 3 is 2.96 bits per heavy atom. The Hall–Kier alpha value is -0.610. The van der Waals surface area contributed by atoms with Gasteiger partial charge in [0, 0.05) is 43.0 Å². The van der Waals surface area contributed by atoms with E-state index in [4.69, 9.17) is 16.3 Å². The van der Waals surface area contributed by atoms with E-state index >= 15 is 0 Å². The first-order valence-electron chi connectivity index (χ1n) is 8.77. The number of halogens is 1. The van der Waals surface area contributed by atoms with E-state index in [0.29, 0.717) is 17.9 Å². The maximum atomic E-state index is 6.52. The number of benzene rings is 1. The van der Waals surface area contributed by atoms with Crippen LogP contribution in [-0.2, 0) is 11.3 Å². The summed E-state index contributed by atoms with van der Waals surface area (Å²) in [5.41, 5.74) is 2.70. The first-order valence-corrected chi connectivity index (χ1v) is 9.15. The monoisotopic (exact) mass is 334 g/mol. The molecule has 126 valence electrons. The average Bonchev–Trinajstić information content (AvgIpc) is 3.12. The predicted molar refractivity (Wildman–Crippen MR) is 93.8 cm³/mol. The van der Waals surface area contributed by atoms with E-state index in [2.05, 4.69) is 36.9 Å². The van der Waals surface area contributed by atoms with Crippen LogP contribution in [-0.4, -0.2) is 55.2 Å². The lowest BCUT2D eigenvalue weighted by Crippen LogP contribution is -2.40. The van der Waals surface area contributed by atoms with Gasteiger partial charge in [-0.3, -0.25) is 4.90 Å². The van der Waals surface area contributed by atoms with Crippen LogP contribution >= 0.6 is 11.6 Å². The Bertz CT molecular complexity index is 585. The highest BCUT2D eigenvalue weighted by atomic mass is 35.5. The average molecular weight is 335 g/mol. The summed E-state index contributed by atoms with van der Waals surface area (Å²) in [6, 6.07) is 6.21. The van der Waals surface area contributed by atoms with Crippen LogP contribution in [0.15, 0.2) is 18.2 Å². The van der Waals surface area contributed by atoms with Gasteiger partial charge < -0.3 is 9.64 Å². The molecule has 4 rings (SSSR count). The summed E-state index contributed by atoms with van der Waals surface area (Å²) in [5.74, 6) is 1.38. The molecule has 0 amide bonds. The molecule has 0 aliphatic carbocycles. The van der Waals surface area contributed by atoms with E-state index in [-0.39, 0.29) is 5.60 Å². The van der Waals surface area contributed by atoms with Gasteiger partial charge in [0.05, 0.1) is 11.7 Å². The molecular weight excluding hydrogens is 308 g/mol. The fourth-order valence-electron chi connectivity index (χ4n) is 5.16. The van der Waals surface area contributed by atoms with Crippen LogP contribution < -0.4 is 0 Å². The highest BCUT2D eigenvalue weighted by Gasteiger charge is 2.62. The molecule has 3 nitrogen and oxygen atoms in total. The van der Waals surface area contributed by atoms with Crippen molar-refractivity contribution in [1.29, 1.82) is 0 Å². The van der Waals surface area contributed by atoms with E-state index in [1.165, 1.54) is 24.0 Å². The fraction of sp³-hybridized carbons (Fsp3) is 0.684. The number of fused-ring (bicyclic) bond motifs is 1. The zero-order chi connectivity index (χ0) is 16.2. The Labute approximate surface area is 144 Å². The molecule has 2 bridgehead atoms. The van der Waals surface area contributed by atoms with E-state index in [1.807, 2.05) is 12.1 Å². The van der Waals surface area contributed by atoms with Gasteiger partial charge in [-0.25, -0.2) is 0 Å². The van der Waals surface area contributed by atoms with Crippen molar-refractivity contribution in [2.45, 2.75) is 38.0 Å². The third-order valence-corrected chi connectivity index (χ3v) is 6.52. The van der Waals surface area contributed by atoms with Gasteiger partial charge in [-0.1, -0.05) is 23.7 Å². The van der Waals surface area contributed by atoms with E-state index in [9.17, 15) is 0 Å². The van der Waals surface area contributed by atoms with Crippen LogP contribution in [0, 0.1) is 18.8 Å². The largest absolute Gasteiger partial charge is 0.370 e. The second kappa shape index (κ2) is 5.73. The molecule has 0 unspecified atom stereocenters. The molecule has 23 heavy (non-hydrogen) atoms. The highest BCUT2D eigenvalue weighted by Crippen LogP contribution is 2.55. The third kappa shape index (κ3) is 2.62. The van der Waals surface area contributed by atoms with Crippen LogP contribution in [0.3, 0.4) is 0 Å². The highest BCUT2D eigenvalue weighted by molar-refractivity contribution is 6.31. The number of aryl methyl sites for hydroxylation is 1. The molecule has 3 aliphatic rings. The van der Waals surface area contributed by atoms with Gasteiger partial charge in [0.1, 0.15) is 0 Å². The number of hydrogen-bond donors (Lipinski definition) is 0. The van der Waals surface area contributed by atoms with Gasteiger partial charge >= 0.3 is 0 Å². The molecule has 1 aromatic carbocycles. The number of nitrogens with zero attached hydrogens (tertiary/aromatic N) is 2. The minimum absolute atomic E-state index is 0.126. The van der Waals surface area contributed by atoms with Crippen LogP contribution in [0.4, 0.5) is 0 Å². The first-order chi connectivity index (χ1) is 11.0. The quantitative estimate of drug-likeness (QED) is 0.841. The van der Waals surface area contributed by atoms with Crippen LogP contribution in [0.25, 0.3) is 0 Å². The van der Waals surface area contributed by atoms with Crippen LogP contribution in [0.5, 0.6) is 0 Å². The summed E-state index contributed by atoms with van der Waals surface area (Å²) in [6.07, 6.45) is 2.98. The molecule has 3 aliphatic heterocycles. The van der Waals surface area contributed by atoms with Crippen molar-refractivity contribution < 1.29 is 4.74 Å². The Morgan fingerprint density at radius 2 is 2.22 bits per heavy atom. The summed E-state index contributed by atoms with van der Waals surface area (Å²) in [6.45, 7) is 6.48. The first kappa shape index (κ1) is 15.9. The van der Waals surface area contributed by atoms with Crippen molar-refractivity contribution in [3.05, 3.63) is 34.3 Å². The summed E-state index contributed by atoms with van der Waals surface area (Å²) in [7, 11) is 4.36. The number of hydrogen-bond acceptors (Lipinski definition) is 3. The van der Waals surface area contributed by atoms with Crippen LogP contribution in [0.2, 0.25) is 5.02 Å². The minimum Gasteiger partial charge on any atom is -0.370 e. The van der Waals surface area contributed by atoms with Crippen molar-refractivity contribution in [3.63, 3.8) is 0 Å². The second-order valence-corrected chi connectivity index (χ2v) is 8.40. The van der Waals surface area contributed by atoms with Gasteiger partial charge in [-0.05, 0) is 51.1 Å².